The van der Waals surface area contributed by atoms with Crippen LogP contribution >= 0.6 is 15.9 Å². The summed E-state index contributed by atoms with van der Waals surface area (Å²) in [4.78, 5) is 0. The highest BCUT2D eigenvalue weighted by atomic mass is 79.9. The molecule has 1 aromatic rings. The van der Waals surface area contributed by atoms with Crippen LogP contribution in [-0.4, -0.2) is 33.6 Å². The molecule has 1 atom stereocenters. The minimum atomic E-state index is -0.767. The van der Waals surface area contributed by atoms with Gasteiger partial charge in [0.1, 0.15) is 0 Å². The average Bonchev–Trinajstić information content (AvgIpc) is 2.55. The third-order valence-corrected chi connectivity index (χ3v) is 4.09. The van der Waals surface area contributed by atoms with Crippen molar-refractivity contribution in [3.63, 3.8) is 0 Å². The number of rotatable bonds is 7. The van der Waals surface area contributed by atoms with Crippen molar-refractivity contribution in [1.29, 1.82) is 0 Å². The van der Waals surface area contributed by atoms with Gasteiger partial charge in [-0.3, -0.25) is 4.68 Å². The molecule has 19 heavy (non-hydrogen) atoms. The highest BCUT2D eigenvalue weighted by Crippen LogP contribution is 2.25. The molecule has 0 fully saturated rings. The Morgan fingerprint density at radius 1 is 1.47 bits per heavy atom. The van der Waals surface area contributed by atoms with E-state index in [0.717, 1.165) is 29.0 Å². The molecular formula is C14H26BrN3O. The predicted octanol–water partition coefficient (Wildman–Crippen LogP) is 2.51. The van der Waals surface area contributed by atoms with Crippen LogP contribution in [0.1, 0.15) is 39.1 Å². The maximum Gasteiger partial charge on any atom is 0.0799 e. The first-order chi connectivity index (χ1) is 8.76. The standard InChI is InChI=1S/C14H26BrN3O/c1-6-18-12(13(15)11(4)17-18)7-14(5,19)9-16-8-10(2)3/h10,16,19H,6-9H2,1-5H3. The normalized spacial score (nSPS) is 14.9. The quantitative estimate of drug-likeness (QED) is 0.807. The van der Waals surface area contributed by atoms with E-state index < -0.39 is 5.60 Å². The van der Waals surface area contributed by atoms with Gasteiger partial charge < -0.3 is 10.4 Å². The maximum atomic E-state index is 10.5. The van der Waals surface area contributed by atoms with Crippen LogP contribution < -0.4 is 5.32 Å². The average molecular weight is 332 g/mol. The molecule has 0 aliphatic carbocycles. The molecule has 0 aliphatic rings. The molecule has 2 N–H and O–H groups in total. The first-order valence-electron chi connectivity index (χ1n) is 6.91. The Labute approximate surface area is 124 Å². The summed E-state index contributed by atoms with van der Waals surface area (Å²) in [6, 6.07) is 0. The van der Waals surface area contributed by atoms with Crippen LogP contribution in [0.4, 0.5) is 0 Å². The summed E-state index contributed by atoms with van der Waals surface area (Å²) >= 11 is 3.57. The molecule has 110 valence electrons. The molecule has 0 radical (unpaired) electrons. The Morgan fingerprint density at radius 3 is 2.63 bits per heavy atom. The van der Waals surface area contributed by atoms with E-state index in [2.05, 4.69) is 47.1 Å². The second-order valence-corrected chi connectivity index (χ2v) is 6.65. The van der Waals surface area contributed by atoms with Gasteiger partial charge in [-0.2, -0.15) is 5.10 Å². The van der Waals surface area contributed by atoms with Gasteiger partial charge in [0.2, 0.25) is 0 Å². The fraction of sp³-hybridized carbons (Fsp3) is 0.786. The van der Waals surface area contributed by atoms with E-state index in [1.54, 1.807) is 0 Å². The van der Waals surface area contributed by atoms with Gasteiger partial charge in [-0.25, -0.2) is 0 Å². The van der Waals surface area contributed by atoms with Gasteiger partial charge in [0.05, 0.1) is 21.5 Å². The topological polar surface area (TPSA) is 50.1 Å². The summed E-state index contributed by atoms with van der Waals surface area (Å²) in [5.41, 5.74) is 1.27. The number of aliphatic hydroxyl groups is 1. The lowest BCUT2D eigenvalue weighted by atomic mass is 9.99. The van der Waals surface area contributed by atoms with Crippen molar-refractivity contribution < 1.29 is 5.11 Å². The fourth-order valence-electron chi connectivity index (χ4n) is 2.09. The second-order valence-electron chi connectivity index (χ2n) is 5.86. The summed E-state index contributed by atoms with van der Waals surface area (Å²) in [6.45, 7) is 12.6. The van der Waals surface area contributed by atoms with E-state index in [-0.39, 0.29) is 0 Å². The third-order valence-electron chi connectivity index (χ3n) is 3.06. The van der Waals surface area contributed by atoms with Gasteiger partial charge >= 0.3 is 0 Å². The van der Waals surface area contributed by atoms with E-state index in [0.29, 0.717) is 18.9 Å². The van der Waals surface area contributed by atoms with Gasteiger partial charge in [-0.15, -0.1) is 0 Å². The third kappa shape index (κ3) is 4.89. The summed E-state index contributed by atoms with van der Waals surface area (Å²) < 4.78 is 2.97. The van der Waals surface area contributed by atoms with Crippen molar-refractivity contribution in [2.24, 2.45) is 5.92 Å². The zero-order chi connectivity index (χ0) is 14.6. The zero-order valence-electron chi connectivity index (χ0n) is 12.6. The number of hydrogen-bond acceptors (Lipinski definition) is 3. The van der Waals surface area contributed by atoms with Crippen molar-refractivity contribution in [1.82, 2.24) is 15.1 Å². The molecule has 1 unspecified atom stereocenters. The molecule has 1 aromatic heterocycles. The number of hydrogen-bond donors (Lipinski definition) is 2. The van der Waals surface area contributed by atoms with Gasteiger partial charge in [0.25, 0.3) is 0 Å². The number of halogens is 1. The van der Waals surface area contributed by atoms with Crippen molar-refractivity contribution in [3.05, 3.63) is 15.9 Å². The Bertz CT molecular complexity index is 413. The lowest BCUT2D eigenvalue weighted by Gasteiger charge is -2.25. The summed E-state index contributed by atoms with van der Waals surface area (Å²) in [5.74, 6) is 0.589. The van der Waals surface area contributed by atoms with Crippen LogP contribution in [0.2, 0.25) is 0 Å². The van der Waals surface area contributed by atoms with Crippen molar-refractivity contribution in [2.75, 3.05) is 13.1 Å². The van der Waals surface area contributed by atoms with Crippen LogP contribution in [0.25, 0.3) is 0 Å². The first-order valence-corrected chi connectivity index (χ1v) is 7.71. The maximum absolute atomic E-state index is 10.5. The van der Waals surface area contributed by atoms with Crippen molar-refractivity contribution in [2.45, 2.75) is 53.2 Å². The first kappa shape index (κ1) is 16.7. The van der Waals surface area contributed by atoms with Crippen molar-refractivity contribution >= 4 is 15.9 Å². The van der Waals surface area contributed by atoms with Gasteiger partial charge in [-0.1, -0.05) is 13.8 Å². The van der Waals surface area contributed by atoms with E-state index in [4.69, 9.17) is 0 Å². The zero-order valence-corrected chi connectivity index (χ0v) is 14.2. The fourth-order valence-corrected chi connectivity index (χ4v) is 2.52. The molecule has 0 bridgehead atoms. The Morgan fingerprint density at radius 2 is 2.11 bits per heavy atom. The van der Waals surface area contributed by atoms with Gasteiger partial charge in [-0.05, 0) is 49.2 Å². The van der Waals surface area contributed by atoms with Gasteiger partial charge in [0, 0.05) is 19.5 Å². The highest BCUT2D eigenvalue weighted by Gasteiger charge is 2.25. The van der Waals surface area contributed by atoms with E-state index in [1.807, 2.05) is 18.5 Å². The predicted molar refractivity (Wildman–Crippen MR) is 82.4 cm³/mol. The van der Waals surface area contributed by atoms with Gasteiger partial charge in [0.15, 0.2) is 0 Å². The van der Waals surface area contributed by atoms with Crippen LogP contribution in [0, 0.1) is 12.8 Å². The number of aromatic nitrogens is 2. The molecular weight excluding hydrogens is 306 g/mol. The van der Waals surface area contributed by atoms with Crippen LogP contribution in [0.3, 0.4) is 0 Å². The Kier molecular flexibility index (Phi) is 6.02. The summed E-state index contributed by atoms with van der Waals surface area (Å²) in [7, 11) is 0. The number of aryl methyl sites for hydroxylation is 2. The molecule has 0 aromatic carbocycles. The number of nitrogens with one attached hydrogen (secondary N) is 1. The van der Waals surface area contributed by atoms with Crippen molar-refractivity contribution in [3.8, 4) is 0 Å². The minimum Gasteiger partial charge on any atom is -0.388 e. The molecule has 4 nitrogen and oxygen atoms in total. The summed E-state index contributed by atoms with van der Waals surface area (Å²) in [6.07, 6.45) is 0.591. The minimum absolute atomic E-state index is 0.589. The molecule has 0 spiro atoms. The van der Waals surface area contributed by atoms with E-state index in [9.17, 15) is 5.11 Å². The number of nitrogens with zero attached hydrogens (tertiary/aromatic N) is 2. The van der Waals surface area contributed by atoms with Crippen LogP contribution in [0.5, 0.6) is 0 Å². The van der Waals surface area contributed by atoms with E-state index >= 15 is 0 Å². The molecule has 1 rings (SSSR count). The lowest BCUT2D eigenvalue weighted by molar-refractivity contribution is 0.0573. The Hall–Kier alpha value is -0.390. The second kappa shape index (κ2) is 6.86. The molecule has 0 saturated carbocycles. The van der Waals surface area contributed by atoms with E-state index in [1.165, 1.54) is 0 Å². The Balaban J connectivity index is 2.71. The molecule has 0 aliphatic heterocycles. The van der Waals surface area contributed by atoms with Crippen LogP contribution in [0.15, 0.2) is 4.47 Å². The van der Waals surface area contributed by atoms with Crippen LogP contribution in [-0.2, 0) is 13.0 Å². The highest BCUT2D eigenvalue weighted by molar-refractivity contribution is 9.10. The SMILES string of the molecule is CCn1nc(C)c(Br)c1CC(C)(O)CNCC(C)C. The smallest absolute Gasteiger partial charge is 0.0799 e. The summed E-state index contributed by atoms with van der Waals surface area (Å²) in [5, 5.41) is 18.3. The largest absolute Gasteiger partial charge is 0.388 e. The monoisotopic (exact) mass is 331 g/mol. The molecule has 0 amide bonds. The molecule has 0 saturated heterocycles. The molecule has 1 heterocycles. The lowest BCUT2D eigenvalue weighted by Crippen LogP contribution is -2.41. The molecule has 5 heteroatoms.